The van der Waals surface area contributed by atoms with Crippen LogP contribution in [0.25, 0.3) is 44.7 Å². The van der Waals surface area contributed by atoms with Gasteiger partial charge in [-0.1, -0.05) is 526 Å². The normalized spacial score (nSPS) is 10.9. The van der Waals surface area contributed by atoms with E-state index in [-0.39, 0.29) is 99.9 Å². The molecule has 0 saturated carbocycles. The predicted molar refractivity (Wildman–Crippen MR) is 646 cm³/mol. The third kappa shape index (κ3) is 73.4. The number of thiazole rings is 2. The SMILES string of the molecule is C.C(=C\c1nc2ccccc2s1)/c1ccccc1.C/C=C/C.CC.CC.CC.CC.CC.CC(C)(C)C.CC(C)(C)c1cccc(/C=C/c2nc3ccccc3s2)c1C(C)(C)C.CC(C)(C)c1ccccc1.CC(C)(C)c1ccccc1.CC(C)C.CC(C)C.CC(C)C.CC(C)C.[CH2-]c1ccccc1N=Nc1[c-]cc(C(C)(C)C)c(C(C)(C)C)c1.[CH2-]c1ccccc1N=Nc1[c-]cc(C(C)(C)C)cc1.[Y].[Y]. The van der Waals surface area contributed by atoms with Gasteiger partial charge in [0.2, 0.25) is 0 Å². The molecule has 0 amide bonds. The average Bonchev–Trinajstić information content (AvgIpc) is 0.975. The summed E-state index contributed by atoms with van der Waals surface area (Å²) in [4.78, 5) is 9.28. The van der Waals surface area contributed by atoms with Crippen LogP contribution in [-0.4, -0.2) is 9.97 Å². The largest absolute Gasteiger partial charge is 0.237 e. The van der Waals surface area contributed by atoms with Crippen molar-refractivity contribution in [3.63, 3.8) is 0 Å². The summed E-state index contributed by atoms with van der Waals surface area (Å²) in [6.45, 7) is 114. The van der Waals surface area contributed by atoms with Crippen LogP contribution in [0.15, 0.2) is 269 Å². The monoisotopic (exact) mass is 2120 g/mol. The molecule has 2 radical (unpaired) electrons. The third-order valence-electron chi connectivity index (χ3n) is 17.2. The van der Waals surface area contributed by atoms with E-state index in [2.05, 4.69) is 465 Å². The molecule has 0 unspecified atom stereocenters. The molecule has 12 aromatic rings. The van der Waals surface area contributed by atoms with Crippen molar-refractivity contribution in [3.05, 3.63) is 346 Å². The van der Waals surface area contributed by atoms with E-state index in [9.17, 15) is 0 Å². The van der Waals surface area contributed by atoms with Gasteiger partial charge in [0.15, 0.2) is 0 Å². The number of azo groups is 2. The Labute approximate surface area is 936 Å². The molecule has 0 aliphatic carbocycles. The molecule has 10 aromatic carbocycles. The molecule has 6 nitrogen and oxygen atoms in total. The molecule has 0 N–H and O–H groups in total. The molecule has 0 bridgehead atoms. The standard InChI is InChI=1S/C23H27NS.C21H26N2.C17H18N2.C15H11NS.2C10H14.C5H12.4C4H10.C4H8.5C2H6.CH4.2Y/c1-22(2,3)17-11-9-10-16(21(17)23(4,5)6)14-15-20-24-18-12-7-8-13-19(18)25-20;1-15-10-8-9-11-19(15)23-22-16-12-13-17(20(2,3)4)18(14-16)21(5,6)7;1-13-7-5-6-8-16(13)19-18-15-11-9-14(10-12-15)17(2,3)4;1-2-6-12(7-3-1)10-11-15-16-13-8-4-5-9-14(13)17-15;2*1-10(2,3)9-7-5-4-6-8-9;1-5(2,3)4;4*1-4(2)3;1-3-4-2;5*1-2;;;/h7-15H,1-6H3;8-11,13-14H,1H2,2-7H3;5-11H,1H2,2-4H3;1-11H;2*4-8H,1-3H3;1-4H3;4*4H,1-3H3;3-4H,1-2H3;5*1-2H3;1H4;;/q;2*-2;;;;;;;;;;;;;;;;;/b15-14+;;;11-10+;;;;;;;;4-3+;;;;;;;;. The molecular weight excluding hydrogens is 1910 g/mol. The zero-order valence-corrected chi connectivity index (χ0v) is 106. The number of benzene rings is 10. The van der Waals surface area contributed by atoms with Crippen molar-refractivity contribution in [1.29, 1.82) is 0 Å². The van der Waals surface area contributed by atoms with Gasteiger partial charge >= 0.3 is 0 Å². The molecule has 2 aromatic heterocycles. The number of hydrogen-bond donors (Lipinski definition) is 0. The minimum atomic E-state index is 0. The van der Waals surface area contributed by atoms with Gasteiger partial charge in [0.25, 0.3) is 0 Å². The Morgan fingerprint density at radius 1 is 0.296 bits per heavy atom. The van der Waals surface area contributed by atoms with Crippen LogP contribution < -0.4 is 0 Å². The zero-order chi connectivity index (χ0) is 108. The molecule has 0 aliphatic rings. The van der Waals surface area contributed by atoms with Crippen LogP contribution >= 0.6 is 22.7 Å². The number of rotatable bonds is 8. The summed E-state index contributed by atoms with van der Waals surface area (Å²) >= 11 is 3.46. The van der Waals surface area contributed by atoms with E-state index < -0.39 is 0 Å². The Kier molecular flexibility index (Phi) is 84.8. The maximum atomic E-state index is 4.72. The Bertz CT molecular complexity index is 5040. The van der Waals surface area contributed by atoms with Crippen LogP contribution in [0.3, 0.4) is 0 Å². The van der Waals surface area contributed by atoms with Gasteiger partial charge in [-0.25, -0.2) is 20.2 Å². The van der Waals surface area contributed by atoms with Crippen LogP contribution in [0.5, 0.6) is 0 Å². The number of nitrogens with zero attached hydrogens (tertiary/aromatic N) is 6. The van der Waals surface area contributed by atoms with Gasteiger partial charge in [-0.05, 0) is 163 Å². The fraction of sp³-hybridized carbons (Fsp3) is 0.470. The molecule has 0 spiro atoms. The number of para-hydroxylation sites is 2. The van der Waals surface area contributed by atoms with Gasteiger partial charge < -0.3 is 0 Å². The first kappa shape index (κ1) is 150. The van der Waals surface area contributed by atoms with Crippen molar-refractivity contribution in [2.24, 2.45) is 49.5 Å². The fourth-order valence-corrected chi connectivity index (χ4v) is 12.8. The van der Waals surface area contributed by atoms with Crippen LogP contribution in [0.1, 0.15) is 418 Å². The van der Waals surface area contributed by atoms with Crippen molar-refractivity contribution >= 4 is 90.2 Å². The van der Waals surface area contributed by atoms with Gasteiger partial charge in [-0.2, -0.15) is 83.2 Å². The van der Waals surface area contributed by atoms with Crippen molar-refractivity contribution in [3.8, 4) is 0 Å². The quantitative estimate of drug-likeness (QED) is 0.0864. The van der Waals surface area contributed by atoms with E-state index >= 15 is 0 Å². The molecule has 0 atom stereocenters. The molecule has 142 heavy (non-hydrogen) atoms. The Balaban J connectivity index is -0.000000239. The topological polar surface area (TPSA) is 75.2 Å². The van der Waals surface area contributed by atoms with Crippen molar-refractivity contribution in [1.82, 2.24) is 9.97 Å². The maximum absolute atomic E-state index is 4.72. The van der Waals surface area contributed by atoms with E-state index in [1.165, 1.54) is 59.5 Å². The van der Waals surface area contributed by atoms with Gasteiger partial charge in [0, 0.05) is 65.4 Å². The molecular formula is C132H204N6S2Y2-4. The summed E-state index contributed by atoms with van der Waals surface area (Å²) in [6.07, 6.45) is 12.5. The summed E-state index contributed by atoms with van der Waals surface area (Å²) in [5.41, 5.74) is 20.5. The Morgan fingerprint density at radius 3 is 0.894 bits per heavy atom. The summed E-state index contributed by atoms with van der Waals surface area (Å²) in [7, 11) is 0. The maximum Gasteiger partial charge on any atom is 0.117 e. The van der Waals surface area contributed by atoms with E-state index in [1.54, 1.807) is 22.7 Å². The van der Waals surface area contributed by atoms with E-state index in [4.69, 9.17) is 4.98 Å². The summed E-state index contributed by atoms with van der Waals surface area (Å²) in [5, 5.41) is 19.2. The van der Waals surface area contributed by atoms with Crippen molar-refractivity contribution < 1.29 is 65.4 Å². The summed E-state index contributed by atoms with van der Waals surface area (Å²) < 4.78 is 2.47. The second-order valence-electron chi connectivity index (χ2n) is 43.7. The second kappa shape index (κ2) is 80.5. The van der Waals surface area contributed by atoms with Crippen LogP contribution in [0, 0.1) is 55.1 Å². The molecule has 0 aliphatic heterocycles. The minimum Gasteiger partial charge on any atom is -0.237 e. The number of allylic oxidation sites excluding steroid dienone is 2. The van der Waals surface area contributed by atoms with Gasteiger partial charge in [-0.3, -0.25) is 0 Å². The van der Waals surface area contributed by atoms with Gasteiger partial charge in [-0.15, -0.1) is 58.1 Å². The van der Waals surface area contributed by atoms with E-state index in [0.717, 1.165) is 78.6 Å². The predicted octanol–water partition coefficient (Wildman–Crippen LogP) is 45.6. The smallest absolute Gasteiger partial charge is 0.117 e. The number of fused-ring (bicyclic) bond motifs is 2. The van der Waals surface area contributed by atoms with E-state index in [1.807, 2.05) is 198 Å². The van der Waals surface area contributed by atoms with Crippen LogP contribution in [0.4, 0.5) is 22.7 Å². The number of hydrogen-bond acceptors (Lipinski definition) is 8. The van der Waals surface area contributed by atoms with Crippen molar-refractivity contribution in [2.75, 3.05) is 0 Å². The van der Waals surface area contributed by atoms with Gasteiger partial charge in [0.05, 0.1) is 20.4 Å². The summed E-state index contributed by atoms with van der Waals surface area (Å²) in [6, 6.07) is 86.6. The zero-order valence-electron chi connectivity index (χ0n) is 98.9. The third-order valence-corrected chi connectivity index (χ3v) is 19.2. The van der Waals surface area contributed by atoms with E-state index in [0.29, 0.717) is 16.2 Å². The molecule has 2 heterocycles. The minimum absolute atomic E-state index is 0. The summed E-state index contributed by atoms with van der Waals surface area (Å²) in [5.74, 6) is 3.33. The first-order valence-corrected chi connectivity index (χ1v) is 53.0. The Hall–Kier alpha value is -7.65. The molecule has 10 heteroatoms. The first-order chi connectivity index (χ1) is 64.7. The van der Waals surface area contributed by atoms with Crippen LogP contribution in [0.2, 0.25) is 0 Å². The average molecular weight is 2120 g/mol. The molecule has 784 valence electrons. The number of aromatic nitrogens is 2. The second-order valence-corrected chi connectivity index (χ2v) is 45.9. The van der Waals surface area contributed by atoms with Crippen LogP contribution in [-0.2, 0) is 103 Å². The first-order valence-electron chi connectivity index (χ1n) is 51.4. The molecule has 0 fully saturated rings. The Morgan fingerprint density at radius 2 is 0.599 bits per heavy atom. The molecule has 12 rings (SSSR count). The van der Waals surface area contributed by atoms with Crippen molar-refractivity contribution in [2.45, 2.75) is 385 Å². The van der Waals surface area contributed by atoms with Gasteiger partial charge in [0.1, 0.15) is 10.0 Å². The molecule has 0 saturated heterocycles. The fourth-order valence-electron chi connectivity index (χ4n) is 11.0.